The Balaban J connectivity index is 4.01. The molecule has 0 radical (unpaired) electrons. The van der Waals surface area contributed by atoms with Crippen molar-refractivity contribution in [2.24, 2.45) is 0 Å². The number of nitrogens with zero attached hydrogens (tertiary/aromatic N) is 1. The molecule has 0 heterocycles. The van der Waals surface area contributed by atoms with Crippen molar-refractivity contribution < 1.29 is 42.1 Å². The predicted molar refractivity (Wildman–Crippen MR) is 426 cm³/mol. The zero-order valence-corrected chi connectivity index (χ0v) is 64.6. The van der Waals surface area contributed by atoms with Crippen LogP contribution in [0.3, 0.4) is 0 Å². The molecule has 0 rings (SSSR count). The number of hydrogen-bond donors (Lipinski definition) is 1. The SMILES string of the molecule is CC/C=C\C/C=C\C/C=C\C/C=C\C/C=C\C/C=C\C/C=C\C/C=C\CCCCCCCCCCCCCCCCCCC(=O)OC(COC(=O)CCCCCCCCCCCCCCCC/C=C\C/C=C\C/C=C\C/C=C\C/C=C\C/C=C\CC)COP(=O)(O)OCC[N+](C)(C)C. The molecule has 0 aliphatic carbocycles. The number of allylic oxidation sites excluding steroid dienone is 28. The lowest BCUT2D eigenvalue weighted by atomic mass is 10.0. The molecule has 0 spiro atoms. The lowest BCUT2D eigenvalue weighted by molar-refractivity contribution is -0.870. The Labute approximate surface area is 604 Å². The van der Waals surface area contributed by atoms with Crippen molar-refractivity contribution >= 4 is 19.8 Å². The molecule has 2 unspecified atom stereocenters. The molecule has 0 amide bonds. The van der Waals surface area contributed by atoms with Crippen molar-refractivity contribution in [3.05, 3.63) is 170 Å². The molecule has 0 aromatic heterocycles. The Morgan fingerprint density at radius 1 is 0.316 bits per heavy atom. The second kappa shape index (κ2) is 76.5. The van der Waals surface area contributed by atoms with Gasteiger partial charge in [-0.15, -0.1) is 0 Å². The highest BCUT2D eigenvalue weighted by Crippen LogP contribution is 2.43. The summed E-state index contributed by atoms with van der Waals surface area (Å²) in [6.07, 6.45) is 116. The Kier molecular flexibility index (Phi) is 72.9. The van der Waals surface area contributed by atoms with Gasteiger partial charge in [-0.3, -0.25) is 18.6 Å². The van der Waals surface area contributed by atoms with Gasteiger partial charge < -0.3 is 18.9 Å². The van der Waals surface area contributed by atoms with Crippen molar-refractivity contribution in [2.45, 2.75) is 328 Å². The first-order valence-corrected chi connectivity index (χ1v) is 41.4. The van der Waals surface area contributed by atoms with Gasteiger partial charge in [0.1, 0.15) is 19.8 Å². The van der Waals surface area contributed by atoms with E-state index in [4.69, 9.17) is 18.5 Å². The monoisotopic (exact) mass is 1380 g/mol. The van der Waals surface area contributed by atoms with Crippen LogP contribution in [0.1, 0.15) is 322 Å². The van der Waals surface area contributed by atoms with Crippen LogP contribution in [0.15, 0.2) is 170 Å². The molecule has 9 nitrogen and oxygen atoms in total. The minimum absolute atomic E-state index is 0.0262. The van der Waals surface area contributed by atoms with Crippen LogP contribution >= 0.6 is 7.82 Å². The van der Waals surface area contributed by atoms with E-state index in [0.29, 0.717) is 17.4 Å². The van der Waals surface area contributed by atoms with Gasteiger partial charge in [-0.2, -0.15) is 0 Å². The van der Waals surface area contributed by atoms with Crippen LogP contribution in [0.2, 0.25) is 0 Å². The lowest BCUT2D eigenvalue weighted by Crippen LogP contribution is -2.37. The molecule has 98 heavy (non-hydrogen) atoms. The van der Waals surface area contributed by atoms with E-state index in [1.165, 1.54) is 161 Å². The fourth-order valence-corrected chi connectivity index (χ4v) is 11.5. The number of hydrogen-bond acceptors (Lipinski definition) is 7. The molecule has 558 valence electrons. The third-order valence-electron chi connectivity index (χ3n) is 16.7. The van der Waals surface area contributed by atoms with Crippen LogP contribution in [0.4, 0.5) is 0 Å². The number of quaternary nitrogens is 1. The molecule has 0 aliphatic rings. The minimum atomic E-state index is -4.40. The Hall–Kier alpha value is -4.63. The van der Waals surface area contributed by atoms with Crippen molar-refractivity contribution in [2.75, 3.05) is 47.5 Å². The number of rotatable bonds is 72. The van der Waals surface area contributed by atoms with Crippen molar-refractivity contribution in [1.29, 1.82) is 0 Å². The van der Waals surface area contributed by atoms with Gasteiger partial charge in [-0.25, -0.2) is 4.57 Å². The minimum Gasteiger partial charge on any atom is -0.462 e. The van der Waals surface area contributed by atoms with Gasteiger partial charge in [0.25, 0.3) is 0 Å². The number of likely N-dealkylation sites (N-methyl/N-ethyl adjacent to an activating group) is 1. The van der Waals surface area contributed by atoms with Gasteiger partial charge in [0.2, 0.25) is 0 Å². The van der Waals surface area contributed by atoms with E-state index < -0.39 is 26.5 Å². The van der Waals surface area contributed by atoms with Crippen molar-refractivity contribution in [3.8, 4) is 0 Å². The number of phosphoric ester groups is 1. The summed E-state index contributed by atoms with van der Waals surface area (Å²) in [7, 11) is 1.47. The van der Waals surface area contributed by atoms with Gasteiger partial charge in [-0.1, -0.05) is 351 Å². The third kappa shape index (κ3) is 80.3. The fraction of sp³-hybridized carbons (Fsp3) is 0.659. The molecule has 0 bridgehead atoms. The fourth-order valence-electron chi connectivity index (χ4n) is 10.7. The largest absolute Gasteiger partial charge is 0.472 e. The number of phosphoric acid groups is 1. The molecule has 0 aromatic rings. The number of ether oxygens (including phenoxy) is 2. The number of carbonyl (C=O) groups excluding carboxylic acids is 2. The molecule has 0 saturated heterocycles. The van der Waals surface area contributed by atoms with E-state index in [2.05, 4.69) is 184 Å². The van der Waals surface area contributed by atoms with Crippen LogP contribution in [0, 0.1) is 0 Å². The van der Waals surface area contributed by atoms with E-state index in [1.807, 2.05) is 21.1 Å². The first-order chi connectivity index (χ1) is 48.0. The maximum Gasteiger partial charge on any atom is 0.472 e. The number of unbranched alkanes of at least 4 members (excludes halogenated alkanes) is 30. The van der Waals surface area contributed by atoms with E-state index in [-0.39, 0.29) is 32.0 Å². The highest BCUT2D eigenvalue weighted by Gasteiger charge is 2.27. The normalized spacial score (nSPS) is 14.0. The zero-order chi connectivity index (χ0) is 71.1. The molecule has 0 fully saturated rings. The van der Waals surface area contributed by atoms with Crippen molar-refractivity contribution in [3.63, 3.8) is 0 Å². The topological polar surface area (TPSA) is 108 Å². The summed E-state index contributed by atoms with van der Waals surface area (Å²) in [5.41, 5.74) is 0. The average Bonchev–Trinajstić information content (AvgIpc) is 1.08. The molecule has 10 heteroatoms. The summed E-state index contributed by atoms with van der Waals surface area (Å²) in [5.74, 6) is -0.796. The molecular formula is C88H149NO8P+. The molecule has 2 atom stereocenters. The summed E-state index contributed by atoms with van der Waals surface area (Å²) in [4.78, 5) is 36.0. The zero-order valence-electron chi connectivity index (χ0n) is 63.7. The van der Waals surface area contributed by atoms with E-state index in [9.17, 15) is 19.0 Å². The van der Waals surface area contributed by atoms with E-state index >= 15 is 0 Å². The molecule has 0 aliphatic heterocycles. The second-order valence-corrected chi connectivity index (χ2v) is 28.8. The van der Waals surface area contributed by atoms with Crippen LogP contribution in [-0.4, -0.2) is 74.9 Å². The standard InChI is InChI=1S/C88H148NO8P/c1-6-8-10-12-14-16-18-20-22-24-26-28-30-32-34-36-38-40-41-42-43-44-45-46-47-49-51-53-55-57-59-61-63-65-67-69-71-73-75-77-79-81-88(91)97-86(85-96-98(92,93)95-83-82-89(3,4)5)84-94-87(90)80-78-76-74-72-70-68-66-64-62-60-58-56-54-52-50-48-39-37-35-33-31-29-27-25-23-21-19-17-15-13-11-9-7-2/h8-11,14-17,20-23,26-29,32-35,38-40,42-43,45-46,48,86H,6-7,12-13,18-19,24-25,30-31,36-37,41,44,47,49-85H2,1-5H3/p+1/b10-8-,11-9-,16-14-,17-15-,22-20-,23-21-,28-26-,29-27-,34-32-,35-33-,40-38-,43-42-,46-45-,48-39-. The Morgan fingerprint density at radius 3 is 0.816 bits per heavy atom. The molecule has 1 N–H and O–H groups in total. The average molecular weight is 1380 g/mol. The van der Waals surface area contributed by atoms with Crippen LogP contribution in [-0.2, 0) is 32.7 Å². The maximum atomic E-state index is 12.9. The summed E-state index contributed by atoms with van der Waals surface area (Å²) >= 11 is 0. The van der Waals surface area contributed by atoms with Crippen molar-refractivity contribution in [1.82, 2.24) is 0 Å². The van der Waals surface area contributed by atoms with Gasteiger partial charge in [0, 0.05) is 12.8 Å². The van der Waals surface area contributed by atoms with Crippen LogP contribution in [0.5, 0.6) is 0 Å². The molecular weight excluding hydrogens is 1230 g/mol. The second-order valence-electron chi connectivity index (χ2n) is 27.3. The first-order valence-electron chi connectivity index (χ1n) is 39.9. The Morgan fingerprint density at radius 2 is 0.551 bits per heavy atom. The van der Waals surface area contributed by atoms with Gasteiger partial charge in [-0.05, 0) is 128 Å². The summed E-state index contributed by atoms with van der Waals surface area (Å²) in [6.45, 7) is 4.22. The van der Waals surface area contributed by atoms with Crippen LogP contribution < -0.4 is 0 Å². The quantitative estimate of drug-likeness (QED) is 0.0211. The third-order valence-corrected chi connectivity index (χ3v) is 17.7. The smallest absolute Gasteiger partial charge is 0.462 e. The van der Waals surface area contributed by atoms with E-state index in [0.717, 1.165) is 128 Å². The number of carbonyl (C=O) groups is 2. The highest BCUT2D eigenvalue weighted by atomic mass is 31.2. The predicted octanol–water partition coefficient (Wildman–Crippen LogP) is 26.8. The van der Waals surface area contributed by atoms with Gasteiger partial charge in [0.15, 0.2) is 6.10 Å². The van der Waals surface area contributed by atoms with Crippen LogP contribution in [0.25, 0.3) is 0 Å². The summed E-state index contributed by atoms with van der Waals surface area (Å²) in [5, 5.41) is 0. The first kappa shape index (κ1) is 93.4. The highest BCUT2D eigenvalue weighted by molar-refractivity contribution is 7.47. The maximum absolute atomic E-state index is 12.9. The van der Waals surface area contributed by atoms with Gasteiger partial charge in [0.05, 0.1) is 27.7 Å². The van der Waals surface area contributed by atoms with E-state index in [1.54, 1.807) is 0 Å². The Bertz CT molecular complexity index is 2270. The molecule has 0 saturated carbocycles. The summed E-state index contributed by atoms with van der Waals surface area (Å²) < 4.78 is 34.8. The number of esters is 2. The van der Waals surface area contributed by atoms with Gasteiger partial charge >= 0.3 is 19.8 Å². The lowest BCUT2D eigenvalue weighted by Gasteiger charge is -2.24. The summed E-state index contributed by atoms with van der Waals surface area (Å²) in [6, 6.07) is 0. The molecule has 0 aromatic carbocycles.